The number of amides is 1. The molecule has 1 aliphatic heterocycles. The molecule has 2 rings (SSSR count). The zero-order valence-electron chi connectivity index (χ0n) is 11.0. The van der Waals surface area contributed by atoms with Crippen LogP contribution in [0, 0.1) is 0 Å². The third-order valence-electron chi connectivity index (χ3n) is 3.67. The molecule has 1 heterocycles. The van der Waals surface area contributed by atoms with Gasteiger partial charge in [-0.25, -0.2) is 0 Å². The lowest BCUT2D eigenvalue weighted by Gasteiger charge is -2.30. The molecule has 1 N–H and O–H groups in total. The van der Waals surface area contributed by atoms with Crippen molar-refractivity contribution in [2.75, 3.05) is 39.3 Å². The van der Waals surface area contributed by atoms with Crippen LogP contribution >= 0.6 is 0 Å². The van der Waals surface area contributed by atoms with Gasteiger partial charge in [0.05, 0.1) is 6.54 Å². The zero-order valence-corrected chi connectivity index (χ0v) is 11.0. The maximum absolute atomic E-state index is 12.2. The molecule has 2 fully saturated rings. The number of carbonyl (C=O) groups excluding carboxylic acids is 1. The molecule has 1 saturated heterocycles. The average Bonchev–Trinajstić information content (AvgIpc) is 3.19. The van der Waals surface area contributed by atoms with Crippen LogP contribution in [0.5, 0.6) is 0 Å². The van der Waals surface area contributed by atoms with E-state index in [0.29, 0.717) is 18.5 Å². The lowest BCUT2D eigenvalue weighted by molar-refractivity contribution is -0.133. The van der Waals surface area contributed by atoms with Gasteiger partial charge in [-0.1, -0.05) is 13.3 Å². The van der Waals surface area contributed by atoms with E-state index in [0.717, 1.165) is 32.7 Å². The molecule has 4 nitrogen and oxygen atoms in total. The van der Waals surface area contributed by atoms with Crippen molar-refractivity contribution in [1.29, 1.82) is 0 Å². The van der Waals surface area contributed by atoms with Crippen molar-refractivity contribution in [2.24, 2.45) is 0 Å². The van der Waals surface area contributed by atoms with Crippen molar-refractivity contribution in [3.8, 4) is 0 Å². The normalized spacial score (nSPS) is 20.9. The first-order valence-electron chi connectivity index (χ1n) is 7.04. The Hall–Kier alpha value is -0.610. The summed E-state index contributed by atoms with van der Waals surface area (Å²) in [6.07, 6.45) is 5.01. The van der Waals surface area contributed by atoms with E-state index in [1.807, 2.05) is 4.90 Å². The smallest absolute Gasteiger partial charge is 0.236 e. The number of nitrogens with zero attached hydrogens (tertiary/aromatic N) is 2. The van der Waals surface area contributed by atoms with Gasteiger partial charge in [0.15, 0.2) is 0 Å². The van der Waals surface area contributed by atoms with Gasteiger partial charge in [-0.3, -0.25) is 9.69 Å². The molecule has 2 aliphatic rings. The second-order valence-electron chi connectivity index (χ2n) is 5.19. The van der Waals surface area contributed by atoms with Gasteiger partial charge in [-0.2, -0.15) is 0 Å². The maximum atomic E-state index is 12.2. The summed E-state index contributed by atoms with van der Waals surface area (Å²) in [6, 6.07) is 0.702. The number of unbranched alkanes of at least 4 members (excludes halogenated alkanes) is 1. The van der Waals surface area contributed by atoms with Crippen LogP contribution in [0.4, 0.5) is 0 Å². The Morgan fingerprint density at radius 1 is 1.35 bits per heavy atom. The number of nitrogens with one attached hydrogen (secondary N) is 1. The number of hydrogen-bond donors (Lipinski definition) is 1. The number of hydrogen-bond acceptors (Lipinski definition) is 3. The van der Waals surface area contributed by atoms with Crippen LogP contribution in [0.1, 0.15) is 32.6 Å². The lowest BCUT2D eigenvalue weighted by atomic mass is 10.3. The van der Waals surface area contributed by atoms with Crippen LogP contribution < -0.4 is 5.32 Å². The van der Waals surface area contributed by atoms with E-state index in [9.17, 15) is 4.79 Å². The van der Waals surface area contributed by atoms with E-state index in [1.165, 1.54) is 25.7 Å². The molecule has 4 heteroatoms. The Kier molecular flexibility index (Phi) is 4.80. The second kappa shape index (κ2) is 6.36. The molecule has 1 aliphatic carbocycles. The number of piperazine rings is 1. The summed E-state index contributed by atoms with van der Waals surface area (Å²) in [4.78, 5) is 16.6. The maximum Gasteiger partial charge on any atom is 0.236 e. The van der Waals surface area contributed by atoms with Gasteiger partial charge >= 0.3 is 0 Å². The predicted octanol–water partition coefficient (Wildman–Crippen LogP) is 0.683. The summed E-state index contributed by atoms with van der Waals surface area (Å²) < 4.78 is 0. The van der Waals surface area contributed by atoms with E-state index in [-0.39, 0.29) is 0 Å². The Labute approximate surface area is 104 Å². The molecule has 1 saturated carbocycles. The van der Waals surface area contributed by atoms with Crippen molar-refractivity contribution in [3.05, 3.63) is 0 Å². The fourth-order valence-electron chi connectivity index (χ4n) is 2.38. The van der Waals surface area contributed by atoms with Crippen LogP contribution in [0.15, 0.2) is 0 Å². The van der Waals surface area contributed by atoms with Crippen LogP contribution in [0.3, 0.4) is 0 Å². The largest absolute Gasteiger partial charge is 0.339 e. The van der Waals surface area contributed by atoms with Crippen molar-refractivity contribution >= 4 is 5.91 Å². The van der Waals surface area contributed by atoms with Crippen molar-refractivity contribution in [1.82, 2.24) is 15.1 Å². The van der Waals surface area contributed by atoms with Crippen LogP contribution in [0.2, 0.25) is 0 Å². The summed E-state index contributed by atoms with van der Waals surface area (Å²) in [7, 11) is 0. The Morgan fingerprint density at radius 3 is 2.65 bits per heavy atom. The molecule has 0 aromatic rings. The second-order valence-corrected chi connectivity index (χ2v) is 5.19. The van der Waals surface area contributed by atoms with Gasteiger partial charge in [0.25, 0.3) is 0 Å². The monoisotopic (exact) mass is 239 g/mol. The lowest BCUT2D eigenvalue weighted by Crippen LogP contribution is -2.50. The summed E-state index contributed by atoms with van der Waals surface area (Å²) >= 11 is 0. The highest BCUT2D eigenvalue weighted by molar-refractivity contribution is 5.78. The van der Waals surface area contributed by atoms with E-state index in [2.05, 4.69) is 17.1 Å². The third kappa shape index (κ3) is 3.96. The summed E-state index contributed by atoms with van der Waals surface area (Å²) in [5.74, 6) is 0.328. The molecular formula is C13H25N3O. The highest BCUT2D eigenvalue weighted by Crippen LogP contribution is 2.26. The first kappa shape index (κ1) is 12.8. The number of rotatable bonds is 6. The molecule has 98 valence electrons. The van der Waals surface area contributed by atoms with E-state index in [1.54, 1.807) is 0 Å². The van der Waals surface area contributed by atoms with Crippen LogP contribution in [-0.4, -0.2) is 61.0 Å². The van der Waals surface area contributed by atoms with Crippen LogP contribution in [0.25, 0.3) is 0 Å². The van der Waals surface area contributed by atoms with Gasteiger partial charge < -0.3 is 10.2 Å². The standard InChI is InChI=1S/C13H25N3O/c1-2-3-8-16(12-4-5-12)11-13(17)15-9-6-14-7-10-15/h12,14H,2-11H2,1H3. The fraction of sp³-hybridized carbons (Fsp3) is 0.923. The molecule has 1 amide bonds. The van der Waals surface area contributed by atoms with Gasteiger partial charge in [-0.05, 0) is 25.8 Å². The van der Waals surface area contributed by atoms with Gasteiger partial charge in [0.2, 0.25) is 5.91 Å². The first-order chi connectivity index (χ1) is 8.31. The molecule has 0 atom stereocenters. The fourth-order valence-corrected chi connectivity index (χ4v) is 2.38. The van der Waals surface area contributed by atoms with Crippen molar-refractivity contribution < 1.29 is 4.79 Å². The third-order valence-corrected chi connectivity index (χ3v) is 3.67. The number of carbonyl (C=O) groups is 1. The average molecular weight is 239 g/mol. The van der Waals surface area contributed by atoms with E-state index >= 15 is 0 Å². The Morgan fingerprint density at radius 2 is 2.06 bits per heavy atom. The quantitative estimate of drug-likeness (QED) is 0.740. The molecule has 0 aromatic heterocycles. The minimum Gasteiger partial charge on any atom is -0.339 e. The SMILES string of the molecule is CCCCN(CC(=O)N1CCNCC1)C1CC1. The molecule has 0 unspecified atom stereocenters. The minimum atomic E-state index is 0.328. The van der Waals surface area contributed by atoms with Gasteiger partial charge in [0.1, 0.15) is 0 Å². The highest BCUT2D eigenvalue weighted by Gasteiger charge is 2.30. The summed E-state index contributed by atoms with van der Waals surface area (Å²) in [5, 5.41) is 3.28. The van der Waals surface area contributed by atoms with E-state index in [4.69, 9.17) is 0 Å². The summed E-state index contributed by atoms with van der Waals surface area (Å²) in [6.45, 7) is 7.61. The Balaban J connectivity index is 1.77. The molecule has 0 aromatic carbocycles. The zero-order chi connectivity index (χ0) is 12.1. The van der Waals surface area contributed by atoms with Crippen LogP contribution in [-0.2, 0) is 4.79 Å². The first-order valence-corrected chi connectivity index (χ1v) is 7.04. The van der Waals surface area contributed by atoms with Gasteiger partial charge in [0, 0.05) is 32.2 Å². The molecule has 17 heavy (non-hydrogen) atoms. The van der Waals surface area contributed by atoms with Crippen molar-refractivity contribution in [2.45, 2.75) is 38.6 Å². The van der Waals surface area contributed by atoms with Gasteiger partial charge in [-0.15, -0.1) is 0 Å². The van der Waals surface area contributed by atoms with Crippen molar-refractivity contribution in [3.63, 3.8) is 0 Å². The molecule has 0 bridgehead atoms. The summed E-state index contributed by atoms with van der Waals surface area (Å²) in [5.41, 5.74) is 0. The molecule has 0 spiro atoms. The Bertz CT molecular complexity index is 247. The highest BCUT2D eigenvalue weighted by atomic mass is 16.2. The topological polar surface area (TPSA) is 35.6 Å². The molecule has 0 radical (unpaired) electrons. The minimum absolute atomic E-state index is 0.328. The van der Waals surface area contributed by atoms with E-state index < -0.39 is 0 Å². The molecular weight excluding hydrogens is 214 g/mol. The predicted molar refractivity (Wildman–Crippen MR) is 69.0 cm³/mol.